The van der Waals surface area contributed by atoms with Crippen LogP contribution in [0, 0.1) is 0 Å². The Morgan fingerprint density at radius 2 is 1.83 bits per heavy atom. The van der Waals surface area contributed by atoms with Crippen LogP contribution in [0.5, 0.6) is 0 Å². The van der Waals surface area contributed by atoms with Crippen molar-refractivity contribution in [2.75, 3.05) is 19.0 Å². The SMILES string of the molecule is CCOC(=O)[C@H](Cc1ccccc1)Nc1cccc(COC)c1. The molecule has 0 saturated carbocycles. The zero-order chi connectivity index (χ0) is 16.5. The molecule has 0 aromatic heterocycles. The minimum atomic E-state index is -0.421. The lowest BCUT2D eigenvalue weighted by Crippen LogP contribution is -2.33. The van der Waals surface area contributed by atoms with Crippen molar-refractivity contribution in [2.45, 2.75) is 26.0 Å². The molecule has 0 unspecified atom stereocenters. The van der Waals surface area contributed by atoms with Crippen molar-refractivity contribution < 1.29 is 14.3 Å². The number of methoxy groups -OCH3 is 1. The second kappa shape index (κ2) is 8.96. The molecule has 0 heterocycles. The van der Waals surface area contributed by atoms with Gasteiger partial charge in [0, 0.05) is 19.2 Å². The molecular formula is C19H23NO3. The fourth-order valence-electron chi connectivity index (χ4n) is 2.40. The summed E-state index contributed by atoms with van der Waals surface area (Å²) in [6.07, 6.45) is 0.578. The van der Waals surface area contributed by atoms with E-state index in [1.807, 2.05) is 61.5 Å². The number of ether oxygens (including phenoxy) is 2. The number of esters is 1. The fraction of sp³-hybridized carbons (Fsp3) is 0.316. The van der Waals surface area contributed by atoms with Crippen LogP contribution in [0.3, 0.4) is 0 Å². The molecule has 0 aliphatic carbocycles. The molecule has 4 heteroatoms. The van der Waals surface area contributed by atoms with E-state index in [0.29, 0.717) is 19.6 Å². The molecule has 23 heavy (non-hydrogen) atoms. The predicted molar refractivity (Wildman–Crippen MR) is 91.3 cm³/mol. The zero-order valence-electron chi connectivity index (χ0n) is 13.6. The first-order valence-corrected chi connectivity index (χ1v) is 7.78. The molecule has 122 valence electrons. The van der Waals surface area contributed by atoms with E-state index in [9.17, 15) is 4.79 Å². The molecule has 1 atom stereocenters. The van der Waals surface area contributed by atoms with E-state index in [-0.39, 0.29) is 5.97 Å². The summed E-state index contributed by atoms with van der Waals surface area (Å²) in [5.74, 6) is -0.242. The van der Waals surface area contributed by atoms with Gasteiger partial charge >= 0.3 is 5.97 Å². The van der Waals surface area contributed by atoms with Gasteiger partial charge in [0.15, 0.2) is 0 Å². The average molecular weight is 313 g/mol. The number of carbonyl (C=O) groups is 1. The van der Waals surface area contributed by atoms with Crippen LogP contribution in [0.4, 0.5) is 5.69 Å². The van der Waals surface area contributed by atoms with E-state index < -0.39 is 6.04 Å². The number of carbonyl (C=O) groups excluding carboxylic acids is 1. The Balaban J connectivity index is 2.13. The molecular weight excluding hydrogens is 290 g/mol. The Labute approximate surface area is 137 Å². The summed E-state index contributed by atoms with van der Waals surface area (Å²) < 4.78 is 10.4. The van der Waals surface area contributed by atoms with E-state index in [2.05, 4.69) is 5.32 Å². The maximum absolute atomic E-state index is 12.3. The van der Waals surface area contributed by atoms with Gasteiger partial charge in [-0.2, -0.15) is 0 Å². The quantitative estimate of drug-likeness (QED) is 0.759. The fourth-order valence-corrected chi connectivity index (χ4v) is 2.40. The van der Waals surface area contributed by atoms with Gasteiger partial charge in [0.25, 0.3) is 0 Å². The lowest BCUT2D eigenvalue weighted by atomic mass is 10.1. The van der Waals surface area contributed by atoms with E-state index in [1.54, 1.807) is 7.11 Å². The Kier molecular flexibility index (Phi) is 6.63. The summed E-state index contributed by atoms with van der Waals surface area (Å²) in [7, 11) is 1.66. The minimum absolute atomic E-state index is 0.242. The number of nitrogens with one attached hydrogen (secondary N) is 1. The molecule has 2 aromatic carbocycles. The van der Waals surface area contributed by atoms with Crippen molar-refractivity contribution in [3.63, 3.8) is 0 Å². The topological polar surface area (TPSA) is 47.6 Å². The van der Waals surface area contributed by atoms with Gasteiger partial charge in [0.1, 0.15) is 6.04 Å². The normalized spacial score (nSPS) is 11.7. The van der Waals surface area contributed by atoms with Crippen molar-refractivity contribution in [3.05, 3.63) is 65.7 Å². The summed E-state index contributed by atoms with van der Waals surface area (Å²) in [6, 6.07) is 17.4. The van der Waals surface area contributed by atoms with Gasteiger partial charge < -0.3 is 14.8 Å². The Morgan fingerprint density at radius 3 is 2.52 bits per heavy atom. The lowest BCUT2D eigenvalue weighted by Gasteiger charge is -2.19. The van der Waals surface area contributed by atoms with Gasteiger partial charge in [-0.3, -0.25) is 0 Å². The highest BCUT2D eigenvalue weighted by molar-refractivity contribution is 5.79. The molecule has 0 bridgehead atoms. The van der Waals surface area contributed by atoms with Gasteiger partial charge in [0.05, 0.1) is 13.2 Å². The summed E-state index contributed by atoms with van der Waals surface area (Å²) in [5, 5.41) is 3.28. The maximum atomic E-state index is 12.3. The number of rotatable bonds is 8. The van der Waals surface area contributed by atoms with Gasteiger partial charge in [-0.15, -0.1) is 0 Å². The second-order valence-corrected chi connectivity index (χ2v) is 5.27. The number of anilines is 1. The second-order valence-electron chi connectivity index (χ2n) is 5.27. The first-order valence-electron chi connectivity index (χ1n) is 7.78. The molecule has 0 spiro atoms. The van der Waals surface area contributed by atoms with Crippen LogP contribution in [0.1, 0.15) is 18.1 Å². The standard InChI is InChI=1S/C19H23NO3/c1-3-23-19(21)18(13-15-8-5-4-6-9-15)20-17-11-7-10-16(12-17)14-22-2/h4-12,18,20H,3,13-14H2,1-2H3/t18-/m0/s1. The highest BCUT2D eigenvalue weighted by Gasteiger charge is 2.20. The van der Waals surface area contributed by atoms with E-state index in [0.717, 1.165) is 16.8 Å². The molecule has 0 radical (unpaired) electrons. The third-order valence-corrected chi connectivity index (χ3v) is 3.43. The van der Waals surface area contributed by atoms with Crippen LogP contribution in [-0.4, -0.2) is 25.7 Å². The maximum Gasteiger partial charge on any atom is 0.328 e. The zero-order valence-corrected chi connectivity index (χ0v) is 13.6. The molecule has 1 N–H and O–H groups in total. The molecule has 0 aliphatic heterocycles. The molecule has 0 saturated heterocycles. The van der Waals surface area contributed by atoms with Crippen molar-refractivity contribution >= 4 is 11.7 Å². The van der Waals surface area contributed by atoms with E-state index >= 15 is 0 Å². The smallest absolute Gasteiger partial charge is 0.328 e. The van der Waals surface area contributed by atoms with Crippen LogP contribution in [-0.2, 0) is 27.3 Å². The number of hydrogen-bond donors (Lipinski definition) is 1. The monoisotopic (exact) mass is 313 g/mol. The number of benzene rings is 2. The van der Waals surface area contributed by atoms with Crippen molar-refractivity contribution in [3.8, 4) is 0 Å². The van der Waals surface area contributed by atoms with Gasteiger partial charge in [-0.25, -0.2) is 4.79 Å². The number of hydrogen-bond acceptors (Lipinski definition) is 4. The third-order valence-electron chi connectivity index (χ3n) is 3.43. The van der Waals surface area contributed by atoms with Gasteiger partial charge in [0.2, 0.25) is 0 Å². The van der Waals surface area contributed by atoms with Crippen LogP contribution in [0.15, 0.2) is 54.6 Å². The highest BCUT2D eigenvalue weighted by atomic mass is 16.5. The summed E-state index contributed by atoms with van der Waals surface area (Å²) >= 11 is 0. The van der Waals surface area contributed by atoms with Crippen molar-refractivity contribution in [1.29, 1.82) is 0 Å². The van der Waals surface area contributed by atoms with Crippen molar-refractivity contribution in [1.82, 2.24) is 0 Å². The van der Waals surface area contributed by atoms with E-state index in [4.69, 9.17) is 9.47 Å². The van der Waals surface area contributed by atoms with Gasteiger partial charge in [-0.1, -0.05) is 42.5 Å². The Hall–Kier alpha value is -2.33. The molecule has 0 fully saturated rings. The molecule has 2 rings (SSSR count). The average Bonchev–Trinajstić information content (AvgIpc) is 2.56. The molecule has 4 nitrogen and oxygen atoms in total. The summed E-state index contributed by atoms with van der Waals surface area (Å²) in [5.41, 5.74) is 3.03. The van der Waals surface area contributed by atoms with Crippen LogP contribution >= 0.6 is 0 Å². The molecule has 0 amide bonds. The predicted octanol–water partition coefficient (Wildman–Crippen LogP) is 3.42. The summed E-state index contributed by atoms with van der Waals surface area (Å²) in [6.45, 7) is 2.73. The third kappa shape index (κ3) is 5.42. The van der Waals surface area contributed by atoms with E-state index in [1.165, 1.54) is 0 Å². The van der Waals surface area contributed by atoms with Gasteiger partial charge in [-0.05, 0) is 30.2 Å². The first-order chi connectivity index (χ1) is 11.2. The Bertz CT molecular complexity index is 613. The summed E-state index contributed by atoms with van der Waals surface area (Å²) in [4.78, 5) is 12.3. The lowest BCUT2D eigenvalue weighted by molar-refractivity contribution is -0.144. The Morgan fingerprint density at radius 1 is 1.09 bits per heavy atom. The minimum Gasteiger partial charge on any atom is -0.464 e. The highest BCUT2D eigenvalue weighted by Crippen LogP contribution is 2.15. The van der Waals surface area contributed by atoms with Crippen LogP contribution < -0.4 is 5.32 Å². The van der Waals surface area contributed by atoms with Crippen LogP contribution in [0.25, 0.3) is 0 Å². The van der Waals surface area contributed by atoms with Crippen molar-refractivity contribution in [2.24, 2.45) is 0 Å². The first kappa shape index (κ1) is 17.0. The largest absolute Gasteiger partial charge is 0.464 e. The molecule has 2 aromatic rings. The van der Waals surface area contributed by atoms with Crippen LogP contribution in [0.2, 0.25) is 0 Å². The molecule has 0 aliphatic rings.